The number of carbonyl (C=O) groups is 1. The first-order valence-electron chi connectivity index (χ1n) is 9.30. The van der Waals surface area contributed by atoms with Gasteiger partial charge in [0.05, 0.1) is 11.4 Å². The van der Waals surface area contributed by atoms with E-state index in [0.717, 1.165) is 11.3 Å². The van der Waals surface area contributed by atoms with Crippen molar-refractivity contribution < 1.29 is 9.21 Å². The van der Waals surface area contributed by atoms with Gasteiger partial charge in [-0.15, -0.1) is 0 Å². The van der Waals surface area contributed by atoms with Crippen molar-refractivity contribution in [3.05, 3.63) is 106 Å². The summed E-state index contributed by atoms with van der Waals surface area (Å²) in [4.78, 5) is 27.2. The summed E-state index contributed by atoms with van der Waals surface area (Å²) in [6, 6.07) is 26.3. The molecule has 0 bridgehead atoms. The first-order valence-corrected chi connectivity index (χ1v) is 9.30. The minimum absolute atomic E-state index is 0.0239. The summed E-state index contributed by atoms with van der Waals surface area (Å²) in [6.45, 7) is 0.686. The van der Waals surface area contributed by atoms with Gasteiger partial charge in [0, 0.05) is 19.0 Å². The number of anilines is 2. The van der Waals surface area contributed by atoms with Gasteiger partial charge in [-0.3, -0.25) is 4.79 Å². The highest BCUT2D eigenvalue weighted by atomic mass is 16.4. The third-order valence-corrected chi connectivity index (χ3v) is 4.71. The molecule has 3 aromatic carbocycles. The van der Waals surface area contributed by atoms with Gasteiger partial charge in [-0.2, -0.15) is 0 Å². The molecule has 0 aliphatic carbocycles. The van der Waals surface area contributed by atoms with E-state index in [2.05, 4.69) is 17.4 Å². The van der Waals surface area contributed by atoms with Crippen LogP contribution in [0.5, 0.6) is 0 Å². The van der Waals surface area contributed by atoms with Gasteiger partial charge < -0.3 is 14.6 Å². The van der Waals surface area contributed by atoms with E-state index in [-0.39, 0.29) is 5.56 Å². The molecule has 0 fully saturated rings. The predicted molar refractivity (Wildman–Crippen MR) is 115 cm³/mol. The van der Waals surface area contributed by atoms with Gasteiger partial charge in [-0.1, -0.05) is 60.7 Å². The number of rotatable bonds is 5. The largest absolute Gasteiger partial charge is 0.422 e. The normalized spacial score (nSPS) is 10.7. The molecule has 0 aliphatic rings. The SMILES string of the molecule is CN(Cc1ccccc1)c1ccccc1NC(=O)c1cc2ccccc2oc1=O. The Balaban J connectivity index is 1.61. The molecular formula is C24H20N2O3. The fourth-order valence-corrected chi connectivity index (χ4v) is 3.26. The standard InChI is InChI=1S/C24H20N2O3/c1-26(16-17-9-3-2-4-10-17)21-13-7-6-12-20(21)25-23(27)19-15-18-11-5-8-14-22(18)29-24(19)28/h2-15H,16H2,1H3,(H,25,27). The molecule has 5 heteroatoms. The molecule has 1 aromatic heterocycles. The number of fused-ring (bicyclic) bond motifs is 1. The van der Waals surface area contributed by atoms with Crippen molar-refractivity contribution in [2.45, 2.75) is 6.54 Å². The van der Waals surface area contributed by atoms with Gasteiger partial charge >= 0.3 is 5.63 Å². The Labute approximate surface area is 168 Å². The number of carbonyl (C=O) groups excluding carboxylic acids is 1. The van der Waals surface area contributed by atoms with E-state index in [1.54, 1.807) is 24.3 Å². The minimum atomic E-state index is -0.656. The molecule has 1 N–H and O–H groups in total. The van der Waals surface area contributed by atoms with E-state index >= 15 is 0 Å². The molecule has 0 saturated carbocycles. The number of hydrogen-bond acceptors (Lipinski definition) is 4. The second-order valence-corrected chi connectivity index (χ2v) is 6.80. The van der Waals surface area contributed by atoms with Crippen LogP contribution in [-0.2, 0) is 6.54 Å². The molecule has 0 atom stereocenters. The van der Waals surface area contributed by atoms with Gasteiger partial charge in [-0.25, -0.2) is 4.79 Å². The van der Waals surface area contributed by atoms with Gasteiger partial charge in [-0.05, 0) is 29.8 Å². The maximum atomic E-state index is 12.8. The molecule has 0 aliphatic heterocycles. The summed E-state index contributed by atoms with van der Waals surface area (Å²) in [6.07, 6.45) is 0. The van der Waals surface area contributed by atoms with Gasteiger partial charge in [0.25, 0.3) is 5.91 Å². The Morgan fingerprint density at radius 3 is 2.45 bits per heavy atom. The van der Waals surface area contributed by atoms with Gasteiger partial charge in [0.15, 0.2) is 0 Å². The van der Waals surface area contributed by atoms with Crippen LogP contribution in [0.25, 0.3) is 11.0 Å². The lowest BCUT2D eigenvalue weighted by Gasteiger charge is -2.22. The third-order valence-electron chi connectivity index (χ3n) is 4.71. The zero-order valence-corrected chi connectivity index (χ0v) is 16.0. The van der Waals surface area contributed by atoms with Crippen molar-refractivity contribution in [3.8, 4) is 0 Å². The summed E-state index contributed by atoms with van der Waals surface area (Å²) < 4.78 is 5.28. The van der Waals surface area contributed by atoms with Crippen molar-refractivity contribution in [3.63, 3.8) is 0 Å². The summed E-state index contributed by atoms with van der Waals surface area (Å²) in [7, 11) is 1.96. The van der Waals surface area contributed by atoms with Crippen LogP contribution in [0.1, 0.15) is 15.9 Å². The van der Waals surface area contributed by atoms with E-state index in [1.165, 1.54) is 0 Å². The average molecular weight is 384 g/mol. The molecule has 29 heavy (non-hydrogen) atoms. The fraction of sp³-hybridized carbons (Fsp3) is 0.0833. The number of nitrogens with one attached hydrogen (secondary N) is 1. The second-order valence-electron chi connectivity index (χ2n) is 6.80. The summed E-state index contributed by atoms with van der Waals surface area (Å²) in [5, 5.41) is 3.56. The van der Waals surface area contributed by atoms with Crippen LogP contribution in [0.4, 0.5) is 11.4 Å². The van der Waals surface area contributed by atoms with Crippen LogP contribution in [0.15, 0.2) is 94.1 Å². The zero-order chi connectivity index (χ0) is 20.2. The predicted octanol–water partition coefficient (Wildman–Crippen LogP) is 4.68. The number of nitrogens with zero attached hydrogens (tertiary/aromatic N) is 1. The van der Waals surface area contributed by atoms with Crippen LogP contribution in [0.3, 0.4) is 0 Å². The maximum absolute atomic E-state index is 12.8. The van der Waals surface area contributed by atoms with E-state index in [9.17, 15) is 9.59 Å². The monoisotopic (exact) mass is 384 g/mol. The average Bonchev–Trinajstić information content (AvgIpc) is 2.74. The van der Waals surface area contributed by atoms with Gasteiger partial charge in [0.1, 0.15) is 11.1 Å². The van der Waals surface area contributed by atoms with Crippen LogP contribution in [0.2, 0.25) is 0 Å². The summed E-state index contributed by atoms with van der Waals surface area (Å²) >= 11 is 0. The molecule has 0 unspecified atom stereocenters. The van der Waals surface area contributed by atoms with Crippen molar-refractivity contribution in [1.82, 2.24) is 0 Å². The lowest BCUT2D eigenvalue weighted by molar-refractivity contribution is 0.102. The molecule has 5 nitrogen and oxygen atoms in total. The molecule has 0 spiro atoms. The van der Waals surface area contributed by atoms with Crippen molar-refractivity contribution >= 4 is 28.3 Å². The van der Waals surface area contributed by atoms with Crippen LogP contribution >= 0.6 is 0 Å². The van der Waals surface area contributed by atoms with Crippen molar-refractivity contribution in [1.29, 1.82) is 0 Å². The van der Waals surface area contributed by atoms with E-state index in [1.807, 2.05) is 60.5 Å². The molecular weight excluding hydrogens is 364 g/mol. The first-order chi connectivity index (χ1) is 14.1. The zero-order valence-electron chi connectivity index (χ0n) is 16.0. The molecule has 1 heterocycles. The summed E-state index contributed by atoms with van der Waals surface area (Å²) in [5.74, 6) is -0.495. The minimum Gasteiger partial charge on any atom is -0.422 e. The van der Waals surface area contributed by atoms with Crippen LogP contribution in [0, 0.1) is 0 Å². The summed E-state index contributed by atoms with van der Waals surface area (Å²) in [5.41, 5.74) is 2.42. The lowest BCUT2D eigenvalue weighted by Crippen LogP contribution is -2.23. The Bertz CT molecular complexity index is 1220. The molecule has 144 valence electrons. The number of para-hydroxylation sites is 3. The van der Waals surface area contributed by atoms with Crippen molar-refractivity contribution in [2.24, 2.45) is 0 Å². The van der Waals surface area contributed by atoms with Crippen molar-refractivity contribution in [2.75, 3.05) is 17.3 Å². The van der Waals surface area contributed by atoms with E-state index < -0.39 is 11.5 Å². The number of amides is 1. The highest BCUT2D eigenvalue weighted by molar-refractivity contribution is 6.06. The Kier molecular flexibility index (Phi) is 5.12. The molecule has 0 saturated heterocycles. The fourth-order valence-electron chi connectivity index (χ4n) is 3.26. The first kappa shape index (κ1) is 18.5. The van der Waals surface area contributed by atoms with E-state index in [4.69, 9.17) is 4.42 Å². The van der Waals surface area contributed by atoms with Crippen LogP contribution < -0.4 is 15.8 Å². The van der Waals surface area contributed by atoms with E-state index in [0.29, 0.717) is 23.2 Å². The number of hydrogen-bond donors (Lipinski definition) is 1. The lowest BCUT2D eigenvalue weighted by atomic mass is 10.1. The smallest absolute Gasteiger partial charge is 0.349 e. The Hall–Kier alpha value is -3.86. The third kappa shape index (κ3) is 4.04. The Morgan fingerprint density at radius 1 is 0.931 bits per heavy atom. The maximum Gasteiger partial charge on any atom is 0.349 e. The second kappa shape index (κ2) is 8.02. The number of benzene rings is 3. The quantitative estimate of drug-likeness (QED) is 0.508. The van der Waals surface area contributed by atoms with Gasteiger partial charge in [0.2, 0.25) is 0 Å². The highest BCUT2D eigenvalue weighted by Crippen LogP contribution is 2.26. The Morgan fingerprint density at radius 2 is 1.62 bits per heavy atom. The molecule has 0 radical (unpaired) electrons. The topological polar surface area (TPSA) is 62.6 Å². The molecule has 4 aromatic rings. The van der Waals surface area contributed by atoms with Crippen LogP contribution in [-0.4, -0.2) is 13.0 Å². The highest BCUT2D eigenvalue weighted by Gasteiger charge is 2.16. The molecule has 4 rings (SSSR count). The molecule has 1 amide bonds.